The molecule has 10 heteroatoms. The van der Waals surface area contributed by atoms with Crippen LogP contribution in [0.2, 0.25) is 10.0 Å². The van der Waals surface area contributed by atoms with Crippen molar-refractivity contribution in [2.24, 2.45) is 0 Å². The number of hydrogen-bond acceptors (Lipinski definition) is 5. The third kappa shape index (κ3) is 5.21. The smallest absolute Gasteiger partial charge is 0.339 e. The maximum atomic E-state index is 13.3. The van der Waals surface area contributed by atoms with Gasteiger partial charge in [0.25, 0.3) is 10.0 Å². The summed E-state index contributed by atoms with van der Waals surface area (Å²) < 4.78 is 32.3. The van der Waals surface area contributed by atoms with Crippen molar-refractivity contribution in [3.63, 3.8) is 0 Å². The minimum Gasteiger partial charge on any atom is -0.465 e. The SMILES string of the molecule is COC(=O)c1ccccc1NC(=O)CN(c1ccc(Cl)c(Cl)c1)S(=O)(=O)c1ccccc1. The standard InChI is InChI=1S/C22H18Cl2N2O5S/c1-31-22(28)17-9-5-6-10-20(17)25-21(27)14-26(15-11-12-18(23)19(24)13-15)32(29,30)16-7-3-2-4-8-16/h2-13H,14H2,1H3,(H,25,27). The zero-order chi connectivity index (χ0) is 23.3. The Morgan fingerprint density at radius 3 is 2.25 bits per heavy atom. The second-order valence-electron chi connectivity index (χ2n) is 6.51. The minimum atomic E-state index is -4.12. The molecule has 1 amide bonds. The Morgan fingerprint density at radius 1 is 0.938 bits per heavy atom. The van der Waals surface area contributed by atoms with Crippen molar-refractivity contribution in [3.8, 4) is 0 Å². The van der Waals surface area contributed by atoms with Crippen LogP contribution in [-0.2, 0) is 19.6 Å². The van der Waals surface area contributed by atoms with Gasteiger partial charge in [-0.1, -0.05) is 53.5 Å². The van der Waals surface area contributed by atoms with Gasteiger partial charge in [-0.2, -0.15) is 0 Å². The molecule has 0 fully saturated rings. The third-order valence-electron chi connectivity index (χ3n) is 4.42. The Bertz CT molecular complexity index is 1250. The molecule has 0 spiro atoms. The number of anilines is 2. The molecule has 0 bridgehead atoms. The fraction of sp³-hybridized carbons (Fsp3) is 0.0909. The van der Waals surface area contributed by atoms with Crippen LogP contribution in [-0.4, -0.2) is 33.9 Å². The van der Waals surface area contributed by atoms with Gasteiger partial charge < -0.3 is 10.1 Å². The summed E-state index contributed by atoms with van der Waals surface area (Å²) in [5.74, 6) is -1.31. The quantitative estimate of drug-likeness (QED) is 0.485. The number of carbonyl (C=O) groups is 2. The first-order valence-corrected chi connectivity index (χ1v) is 11.4. The number of carbonyl (C=O) groups excluding carboxylic acids is 2. The summed E-state index contributed by atoms with van der Waals surface area (Å²) in [4.78, 5) is 24.8. The van der Waals surface area contributed by atoms with E-state index in [1.54, 1.807) is 30.3 Å². The largest absolute Gasteiger partial charge is 0.465 e. The van der Waals surface area contributed by atoms with Crippen LogP contribution in [0.3, 0.4) is 0 Å². The number of ether oxygens (including phenoxy) is 1. The predicted octanol–water partition coefficient (Wildman–Crippen LogP) is 4.61. The maximum absolute atomic E-state index is 13.3. The monoisotopic (exact) mass is 492 g/mol. The molecule has 0 saturated carbocycles. The van der Waals surface area contributed by atoms with E-state index in [9.17, 15) is 18.0 Å². The molecule has 0 radical (unpaired) electrons. The van der Waals surface area contributed by atoms with Crippen LogP contribution >= 0.6 is 23.2 Å². The van der Waals surface area contributed by atoms with Crippen molar-refractivity contribution < 1.29 is 22.7 Å². The van der Waals surface area contributed by atoms with Gasteiger partial charge in [-0.05, 0) is 42.5 Å². The van der Waals surface area contributed by atoms with E-state index in [2.05, 4.69) is 5.32 Å². The van der Waals surface area contributed by atoms with E-state index in [0.29, 0.717) is 0 Å². The molecule has 0 heterocycles. The lowest BCUT2D eigenvalue weighted by molar-refractivity contribution is -0.114. The van der Waals surface area contributed by atoms with Crippen LogP contribution in [0, 0.1) is 0 Å². The minimum absolute atomic E-state index is 0.00571. The van der Waals surface area contributed by atoms with Crippen LogP contribution in [0.25, 0.3) is 0 Å². The molecule has 0 aliphatic heterocycles. The fourth-order valence-electron chi connectivity index (χ4n) is 2.88. The number of esters is 1. The second-order valence-corrected chi connectivity index (χ2v) is 9.19. The lowest BCUT2D eigenvalue weighted by Crippen LogP contribution is -2.38. The van der Waals surface area contributed by atoms with Gasteiger partial charge in [0, 0.05) is 0 Å². The summed E-state index contributed by atoms with van der Waals surface area (Å²) in [7, 11) is -2.90. The first-order chi connectivity index (χ1) is 15.2. The number of nitrogens with one attached hydrogen (secondary N) is 1. The van der Waals surface area contributed by atoms with Gasteiger partial charge in [0.1, 0.15) is 6.54 Å². The average molecular weight is 493 g/mol. The molecule has 3 rings (SSSR count). The molecule has 166 valence electrons. The van der Waals surface area contributed by atoms with Crippen LogP contribution in [0.15, 0.2) is 77.7 Å². The highest BCUT2D eigenvalue weighted by molar-refractivity contribution is 7.92. The molecule has 1 N–H and O–H groups in total. The summed E-state index contributed by atoms with van der Waals surface area (Å²) in [6, 6.07) is 18.2. The molecule has 0 unspecified atom stereocenters. The number of hydrogen-bond donors (Lipinski definition) is 1. The fourth-order valence-corrected chi connectivity index (χ4v) is 4.60. The topological polar surface area (TPSA) is 92.8 Å². The molecule has 7 nitrogen and oxygen atoms in total. The number of sulfonamides is 1. The number of nitrogens with zero attached hydrogens (tertiary/aromatic N) is 1. The number of halogens is 2. The van der Waals surface area contributed by atoms with Gasteiger partial charge in [-0.25, -0.2) is 13.2 Å². The lowest BCUT2D eigenvalue weighted by Gasteiger charge is -2.24. The van der Waals surface area contributed by atoms with Crippen LogP contribution in [0.1, 0.15) is 10.4 Å². The van der Waals surface area contributed by atoms with E-state index < -0.39 is 28.4 Å². The summed E-state index contributed by atoms with van der Waals surface area (Å²) in [5, 5.41) is 2.94. The van der Waals surface area contributed by atoms with Crippen LogP contribution in [0.5, 0.6) is 0 Å². The summed E-state index contributed by atoms with van der Waals surface area (Å²) in [6.45, 7) is -0.579. The molecule has 32 heavy (non-hydrogen) atoms. The van der Waals surface area contributed by atoms with Gasteiger partial charge in [-0.3, -0.25) is 9.10 Å². The Balaban J connectivity index is 1.97. The van der Waals surface area contributed by atoms with Crippen molar-refractivity contribution in [2.75, 3.05) is 23.3 Å². The van der Waals surface area contributed by atoms with E-state index in [1.807, 2.05) is 0 Å². The average Bonchev–Trinajstić information content (AvgIpc) is 2.79. The first kappa shape index (κ1) is 23.6. The van der Waals surface area contributed by atoms with Crippen molar-refractivity contribution in [1.29, 1.82) is 0 Å². The normalized spacial score (nSPS) is 11.0. The van der Waals surface area contributed by atoms with Gasteiger partial charge >= 0.3 is 5.97 Å². The van der Waals surface area contributed by atoms with Crippen molar-refractivity contribution in [1.82, 2.24) is 0 Å². The second kappa shape index (κ2) is 10.0. The Hall–Kier alpha value is -3.07. The number of benzene rings is 3. The van der Waals surface area contributed by atoms with Crippen LogP contribution in [0.4, 0.5) is 11.4 Å². The number of methoxy groups -OCH3 is 1. The molecule has 3 aromatic carbocycles. The highest BCUT2D eigenvalue weighted by Crippen LogP contribution is 2.30. The molecule has 0 aliphatic carbocycles. The molecule has 0 saturated heterocycles. The maximum Gasteiger partial charge on any atom is 0.339 e. The molecule has 3 aromatic rings. The van der Waals surface area contributed by atoms with E-state index in [4.69, 9.17) is 27.9 Å². The Kier molecular flexibility index (Phi) is 7.40. The summed E-state index contributed by atoms with van der Waals surface area (Å²) >= 11 is 12.1. The van der Waals surface area contributed by atoms with E-state index in [1.165, 1.54) is 49.6 Å². The molecular formula is C22H18Cl2N2O5S. The molecule has 0 aliphatic rings. The number of para-hydroxylation sites is 1. The van der Waals surface area contributed by atoms with Gasteiger partial charge in [0.15, 0.2) is 0 Å². The highest BCUT2D eigenvalue weighted by Gasteiger charge is 2.28. The van der Waals surface area contributed by atoms with E-state index >= 15 is 0 Å². The van der Waals surface area contributed by atoms with Gasteiger partial charge in [-0.15, -0.1) is 0 Å². The summed E-state index contributed by atoms with van der Waals surface area (Å²) in [5.41, 5.74) is 0.477. The molecule has 0 aromatic heterocycles. The summed E-state index contributed by atoms with van der Waals surface area (Å²) in [6.07, 6.45) is 0. The lowest BCUT2D eigenvalue weighted by atomic mass is 10.2. The van der Waals surface area contributed by atoms with Crippen molar-refractivity contribution in [3.05, 3.63) is 88.4 Å². The predicted molar refractivity (Wildman–Crippen MR) is 124 cm³/mol. The van der Waals surface area contributed by atoms with E-state index in [-0.39, 0.29) is 31.9 Å². The van der Waals surface area contributed by atoms with Gasteiger partial charge in [0.05, 0.1) is 39.0 Å². The Morgan fingerprint density at radius 2 is 1.59 bits per heavy atom. The number of rotatable bonds is 7. The van der Waals surface area contributed by atoms with Crippen molar-refractivity contribution >= 4 is 56.5 Å². The Labute approximate surface area is 195 Å². The zero-order valence-electron chi connectivity index (χ0n) is 16.8. The highest BCUT2D eigenvalue weighted by atomic mass is 35.5. The van der Waals surface area contributed by atoms with Crippen LogP contribution < -0.4 is 9.62 Å². The first-order valence-electron chi connectivity index (χ1n) is 9.24. The zero-order valence-corrected chi connectivity index (χ0v) is 19.1. The third-order valence-corrected chi connectivity index (χ3v) is 6.94. The molecular weight excluding hydrogens is 475 g/mol. The number of amides is 1. The van der Waals surface area contributed by atoms with Gasteiger partial charge in [0.2, 0.25) is 5.91 Å². The van der Waals surface area contributed by atoms with E-state index in [0.717, 1.165) is 4.31 Å². The van der Waals surface area contributed by atoms with Crippen molar-refractivity contribution in [2.45, 2.75) is 4.90 Å². The molecule has 0 atom stereocenters.